The molecule has 1 heterocycles. The molecule has 0 saturated heterocycles. The number of nitrogens with one attached hydrogen (secondary N) is 1. The van der Waals surface area contributed by atoms with Gasteiger partial charge in [0.15, 0.2) is 5.58 Å². The predicted octanol–water partition coefficient (Wildman–Crippen LogP) is 0.900. The van der Waals surface area contributed by atoms with Gasteiger partial charge in [0.25, 0.3) is 0 Å². The lowest BCUT2D eigenvalue weighted by atomic mass is 10.2. The van der Waals surface area contributed by atoms with E-state index >= 15 is 0 Å². The topological polar surface area (TPSA) is 75.3 Å². The van der Waals surface area contributed by atoms with E-state index in [0.29, 0.717) is 18.2 Å². The van der Waals surface area contributed by atoms with Crippen LogP contribution in [0.3, 0.4) is 0 Å². The third-order valence-electron chi connectivity index (χ3n) is 3.01. The zero-order valence-corrected chi connectivity index (χ0v) is 10.1. The summed E-state index contributed by atoms with van der Waals surface area (Å²) < 4.78 is 5.02. The number of aromatic nitrogens is 1. The minimum atomic E-state index is -0.416. The van der Waals surface area contributed by atoms with Gasteiger partial charge in [-0.15, -0.1) is 0 Å². The molecule has 0 aliphatic rings. The van der Waals surface area contributed by atoms with E-state index in [1.807, 2.05) is 25.2 Å². The quantitative estimate of drug-likeness (QED) is 0.825. The van der Waals surface area contributed by atoms with Crippen molar-refractivity contribution in [1.29, 1.82) is 0 Å². The van der Waals surface area contributed by atoms with Crippen molar-refractivity contribution >= 4 is 11.1 Å². The smallest absolute Gasteiger partial charge is 0.408 e. The molecule has 0 aliphatic carbocycles. The SMILES string of the molecule is CC(CN)N(C)Cc1ccc2[nH]c(=O)oc2c1. The number of rotatable bonds is 4. The lowest BCUT2D eigenvalue weighted by Crippen LogP contribution is -2.34. The summed E-state index contributed by atoms with van der Waals surface area (Å²) in [5.74, 6) is -0.416. The number of oxazole rings is 1. The van der Waals surface area contributed by atoms with Gasteiger partial charge in [-0.3, -0.25) is 9.88 Å². The maximum absolute atomic E-state index is 11.0. The molecule has 0 radical (unpaired) electrons. The first-order chi connectivity index (χ1) is 8.10. The van der Waals surface area contributed by atoms with E-state index in [2.05, 4.69) is 16.8 Å². The van der Waals surface area contributed by atoms with Crippen molar-refractivity contribution in [1.82, 2.24) is 9.88 Å². The highest BCUT2D eigenvalue weighted by Crippen LogP contribution is 2.14. The van der Waals surface area contributed by atoms with Crippen LogP contribution in [0.1, 0.15) is 12.5 Å². The second kappa shape index (κ2) is 4.73. The number of H-pyrrole nitrogens is 1. The van der Waals surface area contributed by atoms with E-state index in [1.54, 1.807) is 0 Å². The molecule has 2 aromatic rings. The summed E-state index contributed by atoms with van der Waals surface area (Å²) >= 11 is 0. The molecule has 3 N–H and O–H groups in total. The molecule has 0 saturated carbocycles. The van der Waals surface area contributed by atoms with Crippen LogP contribution in [0.5, 0.6) is 0 Å². The molecular formula is C12H17N3O2. The highest BCUT2D eigenvalue weighted by Gasteiger charge is 2.09. The van der Waals surface area contributed by atoms with Crippen LogP contribution in [0, 0.1) is 0 Å². The van der Waals surface area contributed by atoms with Crippen molar-refractivity contribution in [3.8, 4) is 0 Å². The van der Waals surface area contributed by atoms with Crippen LogP contribution in [-0.4, -0.2) is 29.5 Å². The number of nitrogens with two attached hydrogens (primary N) is 1. The van der Waals surface area contributed by atoms with Crippen molar-refractivity contribution in [2.75, 3.05) is 13.6 Å². The lowest BCUT2D eigenvalue weighted by molar-refractivity contribution is 0.255. The largest absolute Gasteiger partial charge is 0.417 e. The fraction of sp³-hybridized carbons (Fsp3) is 0.417. The molecule has 1 unspecified atom stereocenters. The van der Waals surface area contributed by atoms with Crippen molar-refractivity contribution in [3.05, 3.63) is 34.3 Å². The molecule has 0 fully saturated rings. The molecule has 92 valence electrons. The van der Waals surface area contributed by atoms with Gasteiger partial charge in [0, 0.05) is 19.1 Å². The summed E-state index contributed by atoms with van der Waals surface area (Å²) in [6, 6.07) is 6.04. The first kappa shape index (κ1) is 11.9. The second-order valence-corrected chi connectivity index (χ2v) is 4.34. The van der Waals surface area contributed by atoms with Gasteiger partial charge in [-0.1, -0.05) is 6.07 Å². The van der Waals surface area contributed by atoms with Crippen molar-refractivity contribution in [3.63, 3.8) is 0 Å². The number of hydrogen-bond donors (Lipinski definition) is 2. The second-order valence-electron chi connectivity index (χ2n) is 4.34. The average molecular weight is 235 g/mol. The Kier molecular flexibility index (Phi) is 3.31. The fourth-order valence-corrected chi connectivity index (χ4v) is 1.71. The van der Waals surface area contributed by atoms with Gasteiger partial charge in [-0.2, -0.15) is 0 Å². The van der Waals surface area contributed by atoms with Crippen LogP contribution in [0.15, 0.2) is 27.4 Å². The van der Waals surface area contributed by atoms with Crippen LogP contribution >= 0.6 is 0 Å². The van der Waals surface area contributed by atoms with Gasteiger partial charge >= 0.3 is 5.76 Å². The summed E-state index contributed by atoms with van der Waals surface area (Å²) in [5.41, 5.74) is 8.04. The molecule has 5 nitrogen and oxygen atoms in total. The van der Waals surface area contributed by atoms with E-state index in [-0.39, 0.29) is 0 Å². The van der Waals surface area contributed by atoms with Crippen LogP contribution in [-0.2, 0) is 6.54 Å². The molecule has 0 bridgehead atoms. The first-order valence-electron chi connectivity index (χ1n) is 5.62. The van der Waals surface area contributed by atoms with Crippen molar-refractivity contribution in [2.45, 2.75) is 19.5 Å². The van der Waals surface area contributed by atoms with Crippen molar-refractivity contribution in [2.24, 2.45) is 5.73 Å². The monoisotopic (exact) mass is 235 g/mol. The Morgan fingerprint density at radius 1 is 1.53 bits per heavy atom. The third-order valence-corrected chi connectivity index (χ3v) is 3.01. The first-order valence-corrected chi connectivity index (χ1v) is 5.62. The van der Waals surface area contributed by atoms with Gasteiger partial charge in [-0.05, 0) is 31.7 Å². The number of benzene rings is 1. The summed E-state index contributed by atoms with van der Waals surface area (Å²) in [6.07, 6.45) is 0. The summed E-state index contributed by atoms with van der Waals surface area (Å²) in [7, 11) is 2.02. The highest BCUT2D eigenvalue weighted by molar-refractivity contribution is 5.72. The summed E-state index contributed by atoms with van der Waals surface area (Å²) in [5, 5.41) is 0. The fourth-order valence-electron chi connectivity index (χ4n) is 1.71. The number of likely N-dealkylation sites (N-methyl/N-ethyl adjacent to an activating group) is 1. The van der Waals surface area contributed by atoms with Gasteiger partial charge in [0.1, 0.15) is 0 Å². The Labute approximate surface area is 99.2 Å². The average Bonchev–Trinajstić information content (AvgIpc) is 2.67. The maximum Gasteiger partial charge on any atom is 0.417 e. The Balaban J connectivity index is 2.21. The minimum absolute atomic E-state index is 0.323. The number of hydrogen-bond acceptors (Lipinski definition) is 4. The van der Waals surface area contributed by atoms with E-state index in [4.69, 9.17) is 10.2 Å². The standard InChI is InChI=1S/C12H17N3O2/c1-8(6-13)15(2)7-9-3-4-10-11(5-9)17-12(16)14-10/h3-5,8H,6-7,13H2,1-2H3,(H,14,16). The van der Waals surface area contributed by atoms with Gasteiger partial charge < -0.3 is 10.2 Å². The van der Waals surface area contributed by atoms with E-state index in [9.17, 15) is 4.79 Å². The Bertz CT molecular complexity index is 558. The minimum Gasteiger partial charge on any atom is -0.408 e. The lowest BCUT2D eigenvalue weighted by Gasteiger charge is -2.23. The molecule has 0 spiro atoms. The van der Waals surface area contributed by atoms with Gasteiger partial charge in [-0.25, -0.2) is 4.79 Å². The van der Waals surface area contributed by atoms with Gasteiger partial charge in [0.2, 0.25) is 0 Å². The van der Waals surface area contributed by atoms with E-state index in [1.165, 1.54) is 0 Å². The van der Waals surface area contributed by atoms with Crippen molar-refractivity contribution < 1.29 is 4.42 Å². The van der Waals surface area contributed by atoms with E-state index in [0.717, 1.165) is 17.6 Å². The Morgan fingerprint density at radius 2 is 2.29 bits per heavy atom. The number of fused-ring (bicyclic) bond motifs is 1. The molecule has 17 heavy (non-hydrogen) atoms. The highest BCUT2D eigenvalue weighted by atomic mass is 16.4. The molecule has 5 heteroatoms. The molecule has 0 amide bonds. The molecule has 1 atom stereocenters. The predicted molar refractivity (Wildman–Crippen MR) is 66.8 cm³/mol. The molecule has 0 aliphatic heterocycles. The number of aromatic amines is 1. The van der Waals surface area contributed by atoms with Crippen LogP contribution in [0.2, 0.25) is 0 Å². The number of nitrogens with zero attached hydrogens (tertiary/aromatic N) is 1. The Morgan fingerprint density at radius 3 is 3.00 bits per heavy atom. The molecule has 1 aromatic heterocycles. The normalized spacial score (nSPS) is 13.4. The van der Waals surface area contributed by atoms with Gasteiger partial charge in [0.05, 0.1) is 5.52 Å². The summed E-state index contributed by atoms with van der Waals surface area (Å²) in [4.78, 5) is 15.8. The van der Waals surface area contributed by atoms with Crippen LogP contribution in [0.25, 0.3) is 11.1 Å². The van der Waals surface area contributed by atoms with E-state index < -0.39 is 5.76 Å². The van der Waals surface area contributed by atoms with Crippen LogP contribution < -0.4 is 11.5 Å². The maximum atomic E-state index is 11.0. The zero-order valence-electron chi connectivity index (χ0n) is 10.1. The summed E-state index contributed by atoms with van der Waals surface area (Å²) in [6.45, 7) is 3.48. The molecule has 2 rings (SSSR count). The zero-order chi connectivity index (χ0) is 12.4. The van der Waals surface area contributed by atoms with Crippen LogP contribution in [0.4, 0.5) is 0 Å². The molecular weight excluding hydrogens is 218 g/mol. The molecule has 1 aromatic carbocycles. The Hall–Kier alpha value is -1.59. The third kappa shape index (κ3) is 2.57.